The molecule has 0 spiro atoms. The molecule has 1 aromatic heterocycles. The van der Waals surface area contributed by atoms with E-state index in [1.807, 2.05) is 18.2 Å². The number of carbonyl (C=O) groups is 1. The van der Waals surface area contributed by atoms with Gasteiger partial charge in [-0.25, -0.2) is 8.42 Å². The highest BCUT2D eigenvalue weighted by atomic mass is 32.2. The van der Waals surface area contributed by atoms with Crippen LogP contribution in [0.5, 0.6) is 0 Å². The summed E-state index contributed by atoms with van der Waals surface area (Å²) in [5, 5.41) is 3.15. The first kappa shape index (κ1) is 17.7. The molecule has 1 aliphatic carbocycles. The van der Waals surface area contributed by atoms with Gasteiger partial charge in [-0.2, -0.15) is 0 Å². The van der Waals surface area contributed by atoms with Crippen LogP contribution in [0.3, 0.4) is 0 Å². The number of sulfone groups is 1. The molecule has 0 unspecified atom stereocenters. The molecule has 0 aliphatic heterocycles. The topological polar surface area (TPSA) is 76.4 Å². The predicted molar refractivity (Wildman–Crippen MR) is 96.1 cm³/mol. The molecule has 1 N–H and O–H groups in total. The maximum Gasteiger partial charge on any atom is 0.287 e. The largest absolute Gasteiger partial charge is 0.455 e. The fourth-order valence-electron chi connectivity index (χ4n) is 3.52. The van der Waals surface area contributed by atoms with Gasteiger partial charge in [0.05, 0.1) is 0 Å². The van der Waals surface area contributed by atoms with E-state index in [1.54, 1.807) is 12.1 Å². The van der Waals surface area contributed by atoms with Gasteiger partial charge in [0.2, 0.25) is 0 Å². The van der Waals surface area contributed by atoms with Crippen LogP contribution in [-0.4, -0.2) is 26.1 Å². The lowest BCUT2D eigenvalue weighted by atomic mass is 9.89. The second kappa shape index (κ2) is 7.04. The minimum absolute atomic E-state index is 0.165. The summed E-state index contributed by atoms with van der Waals surface area (Å²) in [4.78, 5) is 12.6. The van der Waals surface area contributed by atoms with Crippen molar-refractivity contribution in [3.05, 3.63) is 59.5 Å². The van der Waals surface area contributed by atoms with Gasteiger partial charge < -0.3 is 9.73 Å². The van der Waals surface area contributed by atoms with Crippen molar-refractivity contribution in [2.45, 2.75) is 43.4 Å². The van der Waals surface area contributed by atoms with E-state index >= 15 is 0 Å². The first-order valence-corrected chi connectivity index (χ1v) is 10.5. The molecular formula is C19H23NO4S. The van der Waals surface area contributed by atoms with Crippen molar-refractivity contribution < 1.29 is 17.6 Å². The fourth-order valence-corrected chi connectivity index (χ4v) is 4.19. The van der Waals surface area contributed by atoms with Crippen LogP contribution >= 0.6 is 0 Å². The molecule has 0 atom stereocenters. The Morgan fingerprint density at radius 2 is 1.80 bits per heavy atom. The van der Waals surface area contributed by atoms with Crippen LogP contribution < -0.4 is 5.32 Å². The van der Waals surface area contributed by atoms with Crippen LogP contribution in [0.4, 0.5) is 0 Å². The van der Waals surface area contributed by atoms with E-state index in [0.29, 0.717) is 0 Å². The van der Waals surface area contributed by atoms with E-state index in [-0.39, 0.29) is 28.7 Å². The second-order valence-electron chi connectivity index (χ2n) is 6.94. The van der Waals surface area contributed by atoms with Gasteiger partial charge in [0.15, 0.2) is 15.6 Å². The number of carbonyl (C=O) groups excluding carboxylic acids is 1. The number of hydrogen-bond donors (Lipinski definition) is 1. The zero-order valence-corrected chi connectivity index (χ0v) is 15.1. The van der Waals surface area contributed by atoms with Gasteiger partial charge in [-0.05, 0) is 37.0 Å². The smallest absolute Gasteiger partial charge is 0.287 e. The molecule has 1 heterocycles. The third kappa shape index (κ3) is 4.72. The Kier molecular flexibility index (Phi) is 4.99. The van der Waals surface area contributed by atoms with Crippen LogP contribution in [0.2, 0.25) is 0 Å². The van der Waals surface area contributed by atoms with Crippen molar-refractivity contribution in [3.63, 3.8) is 0 Å². The lowest BCUT2D eigenvalue weighted by molar-refractivity contribution is 0.0869. The number of amides is 1. The molecule has 1 aromatic carbocycles. The average Bonchev–Trinajstić information content (AvgIpc) is 3.17. The van der Waals surface area contributed by atoms with Crippen molar-refractivity contribution in [2.24, 2.45) is 0 Å². The normalized spacial score (nSPS) is 16.7. The zero-order valence-electron chi connectivity index (χ0n) is 14.3. The molecule has 1 fully saturated rings. The SMILES string of the molecule is CS(=O)(=O)Cc1ccc(C(=O)NC2(Cc3ccccc3)CCCC2)o1. The average molecular weight is 361 g/mol. The van der Waals surface area contributed by atoms with E-state index < -0.39 is 9.84 Å². The molecular weight excluding hydrogens is 338 g/mol. The van der Waals surface area contributed by atoms with E-state index in [1.165, 1.54) is 5.56 Å². The summed E-state index contributed by atoms with van der Waals surface area (Å²) < 4.78 is 28.1. The highest BCUT2D eigenvalue weighted by Crippen LogP contribution is 2.33. The lowest BCUT2D eigenvalue weighted by Crippen LogP contribution is -2.48. The summed E-state index contributed by atoms with van der Waals surface area (Å²) in [5.74, 6) is -0.0261. The van der Waals surface area contributed by atoms with E-state index in [9.17, 15) is 13.2 Å². The quantitative estimate of drug-likeness (QED) is 0.858. The predicted octanol–water partition coefficient (Wildman–Crippen LogP) is 3.11. The first-order chi connectivity index (χ1) is 11.9. The third-order valence-corrected chi connectivity index (χ3v) is 5.42. The Labute approximate surface area is 148 Å². The Hall–Kier alpha value is -2.08. The monoisotopic (exact) mass is 361 g/mol. The Balaban J connectivity index is 1.73. The van der Waals surface area contributed by atoms with Crippen LogP contribution in [-0.2, 0) is 22.0 Å². The van der Waals surface area contributed by atoms with E-state index in [4.69, 9.17) is 4.42 Å². The van der Waals surface area contributed by atoms with Crippen LogP contribution in [0.25, 0.3) is 0 Å². The number of hydrogen-bond acceptors (Lipinski definition) is 4. The van der Waals surface area contributed by atoms with Crippen molar-refractivity contribution in [3.8, 4) is 0 Å². The van der Waals surface area contributed by atoms with Gasteiger partial charge in [-0.1, -0.05) is 43.2 Å². The summed E-state index contributed by atoms with van der Waals surface area (Å²) in [7, 11) is -3.19. The Bertz CT molecular complexity index is 833. The van der Waals surface area contributed by atoms with Crippen LogP contribution in [0.1, 0.15) is 47.6 Å². The van der Waals surface area contributed by atoms with Crippen molar-refractivity contribution in [2.75, 3.05) is 6.26 Å². The summed E-state index contributed by atoms with van der Waals surface area (Å²) in [6, 6.07) is 13.2. The van der Waals surface area contributed by atoms with Gasteiger partial charge in [-0.15, -0.1) is 0 Å². The summed E-state index contributed by atoms with van der Waals surface area (Å²) in [5.41, 5.74) is 0.935. The van der Waals surface area contributed by atoms with E-state index in [2.05, 4.69) is 17.4 Å². The van der Waals surface area contributed by atoms with Gasteiger partial charge in [-0.3, -0.25) is 4.79 Å². The molecule has 1 saturated carbocycles. The molecule has 2 aromatic rings. The van der Waals surface area contributed by atoms with Gasteiger partial charge in [0.25, 0.3) is 5.91 Å². The number of nitrogens with one attached hydrogen (secondary N) is 1. The molecule has 5 nitrogen and oxygen atoms in total. The second-order valence-corrected chi connectivity index (χ2v) is 9.08. The van der Waals surface area contributed by atoms with Crippen molar-refractivity contribution in [1.82, 2.24) is 5.32 Å². The van der Waals surface area contributed by atoms with Crippen molar-refractivity contribution >= 4 is 15.7 Å². The number of rotatable bonds is 6. The summed E-state index contributed by atoms with van der Waals surface area (Å²) >= 11 is 0. The Morgan fingerprint density at radius 1 is 1.12 bits per heavy atom. The molecule has 3 rings (SSSR count). The van der Waals surface area contributed by atoms with E-state index in [0.717, 1.165) is 38.4 Å². The zero-order chi connectivity index (χ0) is 17.9. The third-order valence-electron chi connectivity index (χ3n) is 4.61. The minimum atomic E-state index is -3.19. The summed E-state index contributed by atoms with van der Waals surface area (Å²) in [6.07, 6.45) is 5.98. The maximum absolute atomic E-state index is 12.6. The molecule has 1 aliphatic rings. The van der Waals surface area contributed by atoms with Gasteiger partial charge >= 0.3 is 0 Å². The molecule has 6 heteroatoms. The Morgan fingerprint density at radius 3 is 2.44 bits per heavy atom. The maximum atomic E-state index is 12.6. The molecule has 1 amide bonds. The molecule has 0 saturated heterocycles. The van der Waals surface area contributed by atoms with Gasteiger partial charge in [0.1, 0.15) is 11.5 Å². The molecule has 0 radical (unpaired) electrons. The lowest BCUT2D eigenvalue weighted by Gasteiger charge is -2.30. The molecule has 134 valence electrons. The number of benzene rings is 1. The van der Waals surface area contributed by atoms with Crippen LogP contribution in [0, 0.1) is 0 Å². The highest BCUT2D eigenvalue weighted by Gasteiger charge is 2.36. The highest BCUT2D eigenvalue weighted by molar-refractivity contribution is 7.89. The molecule has 25 heavy (non-hydrogen) atoms. The molecule has 0 bridgehead atoms. The minimum Gasteiger partial charge on any atom is -0.455 e. The standard InChI is InChI=1S/C19H23NO4S/c1-25(22,23)14-16-9-10-17(24-16)18(21)20-19(11-5-6-12-19)13-15-7-3-2-4-8-15/h2-4,7-10H,5-6,11-14H2,1H3,(H,20,21). The van der Waals surface area contributed by atoms with Crippen LogP contribution in [0.15, 0.2) is 46.9 Å². The van der Waals surface area contributed by atoms with Gasteiger partial charge in [0, 0.05) is 11.8 Å². The van der Waals surface area contributed by atoms with Crippen molar-refractivity contribution in [1.29, 1.82) is 0 Å². The fraction of sp³-hybridized carbons (Fsp3) is 0.421. The first-order valence-electron chi connectivity index (χ1n) is 8.48. The number of furan rings is 1. The summed E-state index contributed by atoms with van der Waals surface area (Å²) in [6.45, 7) is 0.